The van der Waals surface area contributed by atoms with Crippen molar-refractivity contribution < 1.29 is 9.45 Å². The van der Waals surface area contributed by atoms with E-state index in [-0.39, 0.29) is 17.5 Å². The lowest BCUT2D eigenvalue weighted by Gasteiger charge is -2.01. The molecule has 0 amide bonds. The van der Waals surface area contributed by atoms with Crippen LogP contribution in [0.2, 0.25) is 0 Å². The van der Waals surface area contributed by atoms with Gasteiger partial charge in [0.05, 0.1) is 4.92 Å². The predicted molar refractivity (Wildman–Crippen MR) is 48.8 cm³/mol. The number of hydrogen-bond donors (Lipinski definition) is 1. The molecule has 0 unspecified atom stereocenters. The Bertz CT molecular complexity index is 355. The molecule has 6 nitrogen and oxygen atoms in total. The van der Waals surface area contributed by atoms with Crippen molar-refractivity contribution in [1.29, 1.82) is 0 Å². The number of nitro groups is 1. The van der Waals surface area contributed by atoms with E-state index in [1.54, 1.807) is 0 Å². The maximum absolute atomic E-state index is 10.7. The van der Waals surface area contributed by atoms with E-state index in [9.17, 15) is 10.1 Å². The lowest BCUT2D eigenvalue weighted by molar-refractivity contribution is -0.385. The van der Waals surface area contributed by atoms with Crippen molar-refractivity contribution in [2.75, 3.05) is 5.73 Å². The lowest BCUT2D eigenvalue weighted by atomic mass is 10.0. The molecule has 6 heteroatoms. The number of hydrogen-bond acceptors (Lipinski definition) is 5. The zero-order valence-electron chi connectivity index (χ0n) is 7.60. The van der Waals surface area contributed by atoms with Crippen LogP contribution in [0.3, 0.4) is 0 Å². The van der Waals surface area contributed by atoms with E-state index in [2.05, 4.69) is 9.68 Å². The van der Waals surface area contributed by atoms with Crippen molar-refractivity contribution >= 4 is 11.6 Å². The SMILES string of the molecule is Nc1onc(C2CCCC2)c1[N+](=O)[O-]. The summed E-state index contributed by atoms with van der Waals surface area (Å²) in [4.78, 5) is 10.2. The Labute approximate surface area is 80.2 Å². The maximum atomic E-state index is 10.7. The highest BCUT2D eigenvalue weighted by atomic mass is 16.6. The van der Waals surface area contributed by atoms with Gasteiger partial charge in [0.1, 0.15) is 0 Å². The second-order valence-corrected chi connectivity index (χ2v) is 3.52. The number of aromatic nitrogens is 1. The molecule has 0 atom stereocenters. The largest absolute Gasteiger partial charge is 0.362 e. The molecule has 0 saturated heterocycles. The van der Waals surface area contributed by atoms with E-state index in [4.69, 9.17) is 5.73 Å². The van der Waals surface area contributed by atoms with Crippen LogP contribution in [-0.2, 0) is 0 Å². The Hall–Kier alpha value is -1.59. The highest BCUT2D eigenvalue weighted by Gasteiger charge is 2.32. The van der Waals surface area contributed by atoms with Gasteiger partial charge in [0, 0.05) is 5.92 Å². The number of nitrogen functional groups attached to an aromatic ring is 1. The van der Waals surface area contributed by atoms with Gasteiger partial charge in [0.15, 0.2) is 5.69 Å². The molecule has 1 saturated carbocycles. The van der Waals surface area contributed by atoms with Crippen LogP contribution in [0.1, 0.15) is 37.3 Å². The fourth-order valence-electron chi connectivity index (χ4n) is 1.96. The Morgan fingerprint density at radius 1 is 1.50 bits per heavy atom. The van der Waals surface area contributed by atoms with E-state index in [1.165, 1.54) is 0 Å². The minimum absolute atomic E-state index is 0.142. The average molecular weight is 197 g/mol. The monoisotopic (exact) mass is 197 g/mol. The number of rotatable bonds is 2. The van der Waals surface area contributed by atoms with Crippen molar-refractivity contribution in [2.45, 2.75) is 31.6 Å². The minimum atomic E-state index is -0.514. The van der Waals surface area contributed by atoms with Gasteiger partial charge < -0.3 is 10.3 Å². The summed E-state index contributed by atoms with van der Waals surface area (Å²) in [5.74, 6) is -0.0339. The molecule has 1 aromatic rings. The molecule has 1 aliphatic rings. The average Bonchev–Trinajstić information content (AvgIpc) is 2.70. The van der Waals surface area contributed by atoms with Gasteiger partial charge in [-0.05, 0) is 12.8 Å². The molecule has 0 spiro atoms. The second kappa shape index (κ2) is 3.28. The molecular formula is C8H11N3O3. The topological polar surface area (TPSA) is 95.2 Å². The lowest BCUT2D eigenvalue weighted by Crippen LogP contribution is -1.99. The molecule has 14 heavy (non-hydrogen) atoms. The Morgan fingerprint density at radius 2 is 2.14 bits per heavy atom. The third-order valence-corrected chi connectivity index (χ3v) is 2.64. The minimum Gasteiger partial charge on any atom is -0.362 e. The van der Waals surface area contributed by atoms with Gasteiger partial charge in [-0.15, -0.1) is 0 Å². The van der Waals surface area contributed by atoms with Crippen LogP contribution in [0.4, 0.5) is 11.6 Å². The van der Waals surface area contributed by atoms with E-state index in [0.717, 1.165) is 25.7 Å². The first kappa shape index (κ1) is 8.98. The Balaban J connectivity index is 2.37. The van der Waals surface area contributed by atoms with Crippen molar-refractivity contribution in [2.24, 2.45) is 0 Å². The first-order valence-corrected chi connectivity index (χ1v) is 4.59. The fraction of sp³-hybridized carbons (Fsp3) is 0.625. The van der Waals surface area contributed by atoms with Crippen LogP contribution >= 0.6 is 0 Å². The second-order valence-electron chi connectivity index (χ2n) is 3.52. The zero-order valence-corrected chi connectivity index (χ0v) is 7.60. The summed E-state index contributed by atoms with van der Waals surface area (Å²) in [5.41, 5.74) is 5.62. The van der Waals surface area contributed by atoms with E-state index in [0.29, 0.717) is 5.69 Å². The maximum Gasteiger partial charge on any atom is 0.356 e. The first-order valence-electron chi connectivity index (χ1n) is 4.59. The van der Waals surface area contributed by atoms with Crippen LogP contribution in [-0.4, -0.2) is 10.1 Å². The standard InChI is InChI=1S/C8H11N3O3/c9-8-7(11(12)13)6(10-14-8)5-3-1-2-4-5/h5H,1-4,9H2. The molecule has 2 N–H and O–H groups in total. The third kappa shape index (κ3) is 1.32. The molecule has 0 aromatic carbocycles. The summed E-state index contributed by atoms with van der Waals surface area (Å²) in [6.45, 7) is 0. The zero-order chi connectivity index (χ0) is 10.1. The van der Waals surface area contributed by atoms with Crippen LogP contribution in [0.25, 0.3) is 0 Å². The smallest absolute Gasteiger partial charge is 0.356 e. The first-order chi connectivity index (χ1) is 6.70. The molecule has 1 aliphatic carbocycles. The summed E-state index contributed by atoms with van der Waals surface area (Å²) < 4.78 is 4.66. The van der Waals surface area contributed by atoms with Gasteiger partial charge in [-0.2, -0.15) is 0 Å². The Morgan fingerprint density at radius 3 is 2.71 bits per heavy atom. The molecule has 0 radical (unpaired) electrons. The molecule has 0 aliphatic heterocycles. The predicted octanol–water partition coefficient (Wildman–Crippen LogP) is 1.82. The van der Waals surface area contributed by atoms with Crippen LogP contribution in [0, 0.1) is 10.1 Å². The fourth-order valence-corrected chi connectivity index (χ4v) is 1.96. The molecule has 1 aromatic heterocycles. The van der Waals surface area contributed by atoms with E-state index < -0.39 is 4.92 Å². The van der Waals surface area contributed by atoms with Gasteiger partial charge in [-0.3, -0.25) is 10.1 Å². The molecule has 0 bridgehead atoms. The highest BCUT2D eigenvalue weighted by molar-refractivity contribution is 5.54. The van der Waals surface area contributed by atoms with Gasteiger partial charge >= 0.3 is 11.6 Å². The summed E-state index contributed by atoms with van der Waals surface area (Å²) in [6, 6.07) is 0. The van der Waals surface area contributed by atoms with Crippen molar-refractivity contribution in [1.82, 2.24) is 5.16 Å². The highest BCUT2D eigenvalue weighted by Crippen LogP contribution is 2.40. The summed E-state index contributed by atoms with van der Waals surface area (Å²) >= 11 is 0. The van der Waals surface area contributed by atoms with Crippen molar-refractivity contribution in [3.8, 4) is 0 Å². The van der Waals surface area contributed by atoms with Crippen LogP contribution < -0.4 is 5.73 Å². The Kier molecular flexibility index (Phi) is 2.11. The molecule has 1 heterocycles. The van der Waals surface area contributed by atoms with Gasteiger partial charge in [0.25, 0.3) is 0 Å². The molecule has 1 fully saturated rings. The third-order valence-electron chi connectivity index (χ3n) is 2.64. The quantitative estimate of drug-likeness (QED) is 0.576. The number of nitrogens with zero attached hydrogens (tertiary/aromatic N) is 2. The summed E-state index contributed by atoms with van der Waals surface area (Å²) in [6.07, 6.45) is 4.06. The van der Waals surface area contributed by atoms with Crippen molar-refractivity contribution in [3.05, 3.63) is 15.8 Å². The van der Waals surface area contributed by atoms with Crippen molar-refractivity contribution in [3.63, 3.8) is 0 Å². The van der Waals surface area contributed by atoms with Crippen LogP contribution in [0.5, 0.6) is 0 Å². The molecule has 76 valence electrons. The normalized spacial score (nSPS) is 17.4. The van der Waals surface area contributed by atoms with Gasteiger partial charge in [-0.25, -0.2) is 0 Å². The molecule has 2 rings (SSSR count). The van der Waals surface area contributed by atoms with Gasteiger partial charge in [-0.1, -0.05) is 18.0 Å². The molecular weight excluding hydrogens is 186 g/mol. The van der Waals surface area contributed by atoms with Crippen LogP contribution in [0.15, 0.2) is 4.52 Å². The summed E-state index contributed by atoms with van der Waals surface area (Å²) in [7, 11) is 0. The van der Waals surface area contributed by atoms with E-state index in [1.807, 2.05) is 0 Å². The number of anilines is 1. The number of nitrogens with two attached hydrogens (primary N) is 1. The van der Waals surface area contributed by atoms with E-state index >= 15 is 0 Å². The summed E-state index contributed by atoms with van der Waals surface area (Å²) in [5, 5.41) is 14.4. The van der Waals surface area contributed by atoms with Gasteiger partial charge in [0.2, 0.25) is 0 Å².